The molecule has 1 heterocycles. The van der Waals surface area contributed by atoms with Crippen LogP contribution in [0.3, 0.4) is 0 Å². The molecule has 2 rings (SSSR count). The van der Waals surface area contributed by atoms with E-state index >= 15 is 0 Å². The summed E-state index contributed by atoms with van der Waals surface area (Å²) in [5.41, 5.74) is 1.03. The first kappa shape index (κ1) is 15.9. The van der Waals surface area contributed by atoms with Crippen LogP contribution in [0, 0.1) is 0 Å². The molecular weight excluding hydrogens is 288 g/mol. The number of pyridine rings is 1. The van der Waals surface area contributed by atoms with E-state index in [1.165, 1.54) is 6.26 Å². The summed E-state index contributed by atoms with van der Waals surface area (Å²) in [7, 11) is -3.01. The topological polar surface area (TPSA) is 76.1 Å². The van der Waals surface area contributed by atoms with E-state index in [1.54, 1.807) is 12.4 Å². The highest BCUT2D eigenvalue weighted by molar-refractivity contribution is 7.91. The second-order valence-electron chi connectivity index (χ2n) is 5.74. The van der Waals surface area contributed by atoms with Gasteiger partial charge in [0.15, 0.2) is 0 Å². The second-order valence-corrected chi connectivity index (χ2v) is 8.07. The van der Waals surface area contributed by atoms with Crippen molar-refractivity contribution in [1.82, 2.24) is 10.3 Å². The summed E-state index contributed by atoms with van der Waals surface area (Å²) in [4.78, 5) is 16.0. The van der Waals surface area contributed by atoms with Gasteiger partial charge in [-0.3, -0.25) is 9.78 Å². The van der Waals surface area contributed by atoms with E-state index in [-0.39, 0.29) is 17.2 Å². The molecule has 2 atom stereocenters. The van der Waals surface area contributed by atoms with Crippen LogP contribution in [0.1, 0.15) is 37.7 Å². The SMILES string of the molecule is CS(=O)(=O)[C@H]1CCC[C@H](NC(=O)CCc2cccnc2)C1. The zero-order valence-corrected chi connectivity index (χ0v) is 13.1. The molecule has 1 fully saturated rings. The van der Waals surface area contributed by atoms with Crippen LogP contribution >= 0.6 is 0 Å². The Morgan fingerprint density at radius 3 is 2.90 bits per heavy atom. The number of amides is 1. The molecule has 1 N–H and O–H groups in total. The second kappa shape index (κ2) is 7.02. The Balaban J connectivity index is 1.80. The van der Waals surface area contributed by atoms with E-state index < -0.39 is 9.84 Å². The van der Waals surface area contributed by atoms with Gasteiger partial charge in [0.2, 0.25) is 5.91 Å². The molecule has 0 saturated heterocycles. The van der Waals surface area contributed by atoms with E-state index in [9.17, 15) is 13.2 Å². The van der Waals surface area contributed by atoms with Gasteiger partial charge in [0, 0.05) is 31.1 Å². The van der Waals surface area contributed by atoms with Gasteiger partial charge in [-0.2, -0.15) is 0 Å². The number of nitrogens with one attached hydrogen (secondary N) is 1. The number of carbonyl (C=O) groups is 1. The van der Waals surface area contributed by atoms with Crippen molar-refractivity contribution in [1.29, 1.82) is 0 Å². The number of sulfone groups is 1. The number of hydrogen-bond donors (Lipinski definition) is 1. The molecule has 0 aliphatic heterocycles. The summed E-state index contributed by atoms with van der Waals surface area (Å²) in [5, 5.41) is 2.66. The zero-order valence-electron chi connectivity index (χ0n) is 12.3. The quantitative estimate of drug-likeness (QED) is 0.894. The van der Waals surface area contributed by atoms with E-state index in [1.807, 2.05) is 12.1 Å². The molecule has 1 aliphatic rings. The number of aromatic nitrogens is 1. The normalized spacial score (nSPS) is 22.7. The van der Waals surface area contributed by atoms with Crippen molar-refractivity contribution in [2.45, 2.75) is 49.8 Å². The van der Waals surface area contributed by atoms with Crippen LogP contribution in [0.4, 0.5) is 0 Å². The Morgan fingerprint density at radius 1 is 1.43 bits per heavy atom. The van der Waals surface area contributed by atoms with Crippen molar-refractivity contribution in [3.05, 3.63) is 30.1 Å². The van der Waals surface area contributed by atoms with Crippen molar-refractivity contribution in [3.8, 4) is 0 Å². The van der Waals surface area contributed by atoms with E-state index in [0.717, 1.165) is 18.4 Å². The van der Waals surface area contributed by atoms with Crippen LogP contribution in [-0.2, 0) is 21.1 Å². The number of hydrogen-bond acceptors (Lipinski definition) is 4. The molecule has 6 heteroatoms. The van der Waals surface area contributed by atoms with Gasteiger partial charge < -0.3 is 5.32 Å². The van der Waals surface area contributed by atoms with E-state index in [2.05, 4.69) is 10.3 Å². The van der Waals surface area contributed by atoms with Crippen LogP contribution in [0.2, 0.25) is 0 Å². The van der Waals surface area contributed by atoms with Crippen LogP contribution in [0.15, 0.2) is 24.5 Å². The van der Waals surface area contributed by atoms with Crippen LogP contribution < -0.4 is 5.32 Å². The van der Waals surface area contributed by atoms with Gasteiger partial charge in [0.05, 0.1) is 5.25 Å². The van der Waals surface area contributed by atoms with Gasteiger partial charge in [-0.1, -0.05) is 12.5 Å². The summed E-state index contributed by atoms with van der Waals surface area (Å²) < 4.78 is 23.2. The summed E-state index contributed by atoms with van der Waals surface area (Å²) in [6.07, 6.45) is 8.77. The molecule has 5 nitrogen and oxygen atoms in total. The lowest BCUT2D eigenvalue weighted by Crippen LogP contribution is -2.41. The molecule has 1 saturated carbocycles. The van der Waals surface area contributed by atoms with Gasteiger partial charge in [0.1, 0.15) is 9.84 Å². The Morgan fingerprint density at radius 2 is 2.24 bits per heavy atom. The predicted molar refractivity (Wildman–Crippen MR) is 81.6 cm³/mol. The van der Waals surface area contributed by atoms with Crippen LogP contribution in [0.25, 0.3) is 0 Å². The minimum Gasteiger partial charge on any atom is -0.353 e. The summed E-state index contributed by atoms with van der Waals surface area (Å²) in [6.45, 7) is 0. The standard InChI is InChI=1S/C15H22N2O3S/c1-21(19,20)14-6-2-5-13(10-14)17-15(18)8-7-12-4-3-9-16-11-12/h3-4,9,11,13-14H,2,5-8,10H2,1H3,(H,17,18)/t13-,14-/m0/s1. The van der Waals surface area contributed by atoms with E-state index in [0.29, 0.717) is 25.7 Å². The first-order valence-electron chi connectivity index (χ1n) is 7.32. The zero-order chi connectivity index (χ0) is 15.3. The lowest BCUT2D eigenvalue weighted by atomic mass is 9.95. The molecule has 1 aromatic heterocycles. The summed E-state index contributed by atoms with van der Waals surface area (Å²) in [5.74, 6) is -0.0157. The van der Waals surface area contributed by atoms with Crippen molar-refractivity contribution in [2.24, 2.45) is 0 Å². The maximum atomic E-state index is 12.0. The molecule has 0 spiro atoms. The van der Waals surface area contributed by atoms with Gasteiger partial charge >= 0.3 is 0 Å². The third kappa shape index (κ3) is 5.12. The highest BCUT2D eigenvalue weighted by atomic mass is 32.2. The fourth-order valence-corrected chi connectivity index (χ4v) is 3.95. The molecule has 0 bridgehead atoms. The Hall–Kier alpha value is -1.43. The monoisotopic (exact) mass is 310 g/mol. The highest BCUT2D eigenvalue weighted by Crippen LogP contribution is 2.23. The smallest absolute Gasteiger partial charge is 0.220 e. The van der Waals surface area contributed by atoms with Crippen molar-refractivity contribution >= 4 is 15.7 Å². The minimum atomic E-state index is -3.01. The molecular formula is C15H22N2O3S. The molecule has 0 unspecified atom stereocenters. The van der Waals surface area contributed by atoms with Gasteiger partial charge in [-0.15, -0.1) is 0 Å². The fraction of sp³-hybridized carbons (Fsp3) is 0.600. The summed E-state index contributed by atoms with van der Waals surface area (Å²) in [6, 6.07) is 3.78. The maximum Gasteiger partial charge on any atom is 0.220 e. The van der Waals surface area contributed by atoms with Crippen molar-refractivity contribution in [2.75, 3.05) is 6.26 Å². The third-order valence-electron chi connectivity index (χ3n) is 3.96. The molecule has 1 amide bonds. The average molecular weight is 310 g/mol. The Bertz CT molecular complexity index is 572. The van der Waals surface area contributed by atoms with Gasteiger partial charge in [-0.05, 0) is 37.3 Å². The van der Waals surface area contributed by atoms with Crippen LogP contribution in [0.5, 0.6) is 0 Å². The Kier molecular flexibility index (Phi) is 5.33. The van der Waals surface area contributed by atoms with E-state index in [4.69, 9.17) is 0 Å². The van der Waals surface area contributed by atoms with Gasteiger partial charge in [-0.25, -0.2) is 8.42 Å². The minimum absolute atomic E-state index is 0.0140. The lowest BCUT2D eigenvalue weighted by molar-refractivity contribution is -0.121. The predicted octanol–water partition coefficient (Wildman–Crippen LogP) is 1.49. The molecule has 1 aromatic rings. The van der Waals surface area contributed by atoms with Crippen molar-refractivity contribution in [3.63, 3.8) is 0 Å². The molecule has 1 aliphatic carbocycles. The molecule has 116 valence electrons. The fourth-order valence-electron chi connectivity index (χ4n) is 2.77. The van der Waals surface area contributed by atoms with Crippen molar-refractivity contribution < 1.29 is 13.2 Å². The molecule has 0 aromatic carbocycles. The first-order chi connectivity index (χ1) is 9.95. The number of rotatable bonds is 5. The highest BCUT2D eigenvalue weighted by Gasteiger charge is 2.29. The van der Waals surface area contributed by atoms with Gasteiger partial charge in [0.25, 0.3) is 0 Å². The molecule has 21 heavy (non-hydrogen) atoms. The van der Waals surface area contributed by atoms with Crippen LogP contribution in [-0.4, -0.2) is 36.9 Å². The third-order valence-corrected chi connectivity index (χ3v) is 5.60. The maximum absolute atomic E-state index is 12.0. The average Bonchev–Trinajstić information content (AvgIpc) is 2.46. The lowest BCUT2D eigenvalue weighted by Gasteiger charge is -2.28. The number of aryl methyl sites for hydroxylation is 1. The largest absolute Gasteiger partial charge is 0.353 e. The first-order valence-corrected chi connectivity index (χ1v) is 9.28. The Labute approximate surface area is 126 Å². The number of nitrogens with zero attached hydrogens (tertiary/aromatic N) is 1. The number of carbonyl (C=O) groups excluding carboxylic acids is 1. The molecule has 0 radical (unpaired) electrons. The summed E-state index contributed by atoms with van der Waals surface area (Å²) >= 11 is 0.